The lowest BCUT2D eigenvalue weighted by Crippen LogP contribution is -2.16. The summed E-state index contributed by atoms with van der Waals surface area (Å²) in [4.78, 5) is 22.8. The maximum atomic E-state index is 11.5. The molecule has 26 heavy (non-hydrogen) atoms. The van der Waals surface area contributed by atoms with Crippen LogP contribution < -0.4 is 5.69 Å². The van der Waals surface area contributed by atoms with Gasteiger partial charge in [0.15, 0.2) is 0 Å². The number of rotatable bonds is 5. The lowest BCUT2D eigenvalue weighted by molar-refractivity contribution is 0.755. The second-order valence-corrected chi connectivity index (χ2v) is 6.96. The number of hydrogen-bond acceptors (Lipinski definition) is 4. The van der Waals surface area contributed by atoms with Crippen LogP contribution in [0.25, 0.3) is 5.69 Å². The fraction of sp³-hybridized carbons (Fsp3) is 0.400. The quantitative estimate of drug-likeness (QED) is 0.766. The van der Waals surface area contributed by atoms with Crippen molar-refractivity contribution in [2.45, 2.75) is 53.4 Å². The summed E-state index contributed by atoms with van der Waals surface area (Å²) in [5, 5.41) is 4.56. The Morgan fingerprint density at radius 1 is 1.04 bits per heavy atom. The molecule has 0 amide bonds. The first-order valence-corrected chi connectivity index (χ1v) is 8.94. The Labute approximate surface area is 153 Å². The fourth-order valence-electron chi connectivity index (χ4n) is 3.19. The molecule has 2 aromatic heterocycles. The second kappa shape index (κ2) is 7.23. The number of H-pyrrole nitrogens is 1. The molecule has 0 atom stereocenters. The van der Waals surface area contributed by atoms with Gasteiger partial charge >= 0.3 is 5.69 Å². The molecule has 0 unspecified atom stereocenters. The first-order chi connectivity index (χ1) is 12.3. The largest absolute Gasteiger partial charge is 0.345 e. The fourth-order valence-corrected chi connectivity index (χ4v) is 3.19. The molecule has 0 saturated heterocycles. The van der Waals surface area contributed by atoms with Crippen molar-refractivity contribution in [3.05, 3.63) is 68.9 Å². The van der Waals surface area contributed by atoms with Crippen LogP contribution in [0.4, 0.5) is 0 Å². The molecular weight excluding hydrogens is 326 g/mol. The van der Waals surface area contributed by atoms with Crippen molar-refractivity contribution in [1.82, 2.24) is 24.7 Å². The van der Waals surface area contributed by atoms with Gasteiger partial charge in [-0.05, 0) is 56.4 Å². The highest BCUT2D eigenvalue weighted by Crippen LogP contribution is 2.18. The van der Waals surface area contributed by atoms with E-state index in [1.807, 2.05) is 25.5 Å². The lowest BCUT2D eigenvalue weighted by atomic mass is 10.0. The standard InChI is InChI=1S/C20H25N5O/c1-12(2)16-6-8-17(9-7-16)25-19(23-15(5)24-25)11-10-18-13(3)21-20(26)22-14(18)4/h6-9,12H,10-11H2,1-5H3,(H,21,22,26). The minimum absolute atomic E-state index is 0.298. The predicted molar refractivity (Wildman–Crippen MR) is 102 cm³/mol. The molecule has 0 aliphatic rings. The molecule has 0 saturated carbocycles. The molecule has 1 N–H and O–H groups in total. The maximum Gasteiger partial charge on any atom is 0.345 e. The first kappa shape index (κ1) is 18.0. The van der Waals surface area contributed by atoms with E-state index in [0.717, 1.165) is 47.1 Å². The van der Waals surface area contributed by atoms with E-state index in [4.69, 9.17) is 0 Å². The van der Waals surface area contributed by atoms with Gasteiger partial charge in [0.1, 0.15) is 11.6 Å². The van der Waals surface area contributed by atoms with Gasteiger partial charge in [-0.3, -0.25) is 0 Å². The topological polar surface area (TPSA) is 76.5 Å². The number of nitrogens with one attached hydrogen (secondary N) is 1. The molecule has 3 aromatic rings. The van der Waals surface area contributed by atoms with Gasteiger partial charge in [-0.1, -0.05) is 26.0 Å². The third kappa shape index (κ3) is 3.74. The van der Waals surface area contributed by atoms with Crippen LogP contribution in [0, 0.1) is 20.8 Å². The number of hydrogen-bond donors (Lipinski definition) is 1. The van der Waals surface area contributed by atoms with E-state index in [1.165, 1.54) is 5.56 Å². The van der Waals surface area contributed by atoms with E-state index in [0.29, 0.717) is 5.92 Å². The summed E-state index contributed by atoms with van der Waals surface area (Å²) < 4.78 is 1.91. The average molecular weight is 351 g/mol. The van der Waals surface area contributed by atoms with Crippen molar-refractivity contribution >= 4 is 0 Å². The van der Waals surface area contributed by atoms with Crippen molar-refractivity contribution in [2.75, 3.05) is 0 Å². The van der Waals surface area contributed by atoms with E-state index in [-0.39, 0.29) is 5.69 Å². The lowest BCUT2D eigenvalue weighted by Gasteiger charge is -2.10. The zero-order valence-electron chi connectivity index (χ0n) is 16.0. The molecule has 0 radical (unpaired) electrons. The molecule has 2 heterocycles. The molecule has 1 aromatic carbocycles. The van der Waals surface area contributed by atoms with Crippen molar-refractivity contribution in [3.63, 3.8) is 0 Å². The molecule has 3 rings (SSSR count). The number of aromatic amines is 1. The SMILES string of the molecule is Cc1nc(CCc2c(C)nc(=O)[nH]c2C)n(-c2ccc(C(C)C)cc2)n1. The zero-order chi connectivity index (χ0) is 18.8. The molecular formula is C20H25N5O. The van der Waals surface area contributed by atoms with Crippen LogP contribution in [0.2, 0.25) is 0 Å². The Morgan fingerprint density at radius 2 is 1.73 bits per heavy atom. The van der Waals surface area contributed by atoms with Gasteiger partial charge in [-0.25, -0.2) is 14.5 Å². The molecule has 0 aliphatic carbocycles. The Morgan fingerprint density at radius 3 is 2.35 bits per heavy atom. The summed E-state index contributed by atoms with van der Waals surface area (Å²) in [6, 6.07) is 8.46. The summed E-state index contributed by atoms with van der Waals surface area (Å²) in [7, 11) is 0. The molecule has 0 aliphatic heterocycles. The predicted octanol–water partition coefficient (Wildman–Crippen LogP) is 3.18. The molecule has 0 spiro atoms. The van der Waals surface area contributed by atoms with E-state index in [9.17, 15) is 4.79 Å². The Kier molecular flexibility index (Phi) is 5.02. The summed E-state index contributed by atoms with van der Waals surface area (Å²) in [5.74, 6) is 2.16. The van der Waals surface area contributed by atoms with E-state index in [1.54, 1.807) is 0 Å². The third-order valence-electron chi connectivity index (χ3n) is 4.64. The number of aromatic nitrogens is 5. The van der Waals surface area contributed by atoms with Gasteiger partial charge in [-0.15, -0.1) is 0 Å². The van der Waals surface area contributed by atoms with E-state index in [2.05, 4.69) is 58.2 Å². The van der Waals surface area contributed by atoms with Crippen molar-refractivity contribution in [1.29, 1.82) is 0 Å². The van der Waals surface area contributed by atoms with Crippen molar-refractivity contribution in [2.24, 2.45) is 0 Å². The third-order valence-corrected chi connectivity index (χ3v) is 4.64. The van der Waals surface area contributed by atoms with Crippen molar-refractivity contribution < 1.29 is 0 Å². The highest BCUT2D eigenvalue weighted by molar-refractivity contribution is 5.36. The second-order valence-electron chi connectivity index (χ2n) is 6.96. The minimum Gasteiger partial charge on any atom is -0.310 e. The van der Waals surface area contributed by atoms with E-state index >= 15 is 0 Å². The Balaban J connectivity index is 1.87. The van der Waals surface area contributed by atoms with Gasteiger partial charge in [0.05, 0.1) is 5.69 Å². The molecule has 6 heteroatoms. The van der Waals surface area contributed by atoms with Crippen LogP contribution >= 0.6 is 0 Å². The van der Waals surface area contributed by atoms with Gasteiger partial charge in [0.2, 0.25) is 0 Å². The highest BCUT2D eigenvalue weighted by atomic mass is 16.1. The molecule has 136 valence electrons. The number of nitrogens with zero attached hydrogens (tertiary/aromatic N) is 4. The van der Waals surface area contributed by atoms with Crippen LogP contribution in [0.3, 0.4) is 0 Å². The van der Waals surface area contributed by atoms with Gasteiger partial charge in [0, 0.05) is 17.8 Å². The van der Waals surface area contributed by atoms with Crippen LogP contribution in [0.5, 0.6) is 0 Å². The normalized spacial score (nSPS) is 11.3. The summed E-state index contributed by atoms with van der Waals surface area (Å²) in [5.41, 5.74) is 4.72. The van der Waals surface area contributed by atoms with Crippen LogP contribution in [0.15, 0.2) is 29.1 Å². The van der Waals surface area contributed by atoms with Crippen LogP contribution in [-0.2, 0) is 12.8 Å². The van der Waals surface area contributed by atoms with Crippen LogP contribution in [-0.4, -0.2) is 24.7 Å². The van der Waals surface area contributed by atoms with Gasteiger partial charge in [0.25, 0.3) is 0 Å². The smallest absolute Gasteiger partial charge is 0.310 e. The molecule has 0 fully saturated rings. The van der Waals surface area contributed by atoms with E-state index < -0.39 is 0 Å². The number of aryl methyl sites for hydroxylation is 4. The first-order valence-electron chi connectivity index (χ1n) is 8.94. The highest BCUT2D eigenvalue weighted by Gasteiger charge is 2.13. The molecule has 0 bridgehead atoms. The minimum atomic E-state index is -0.298. The Hall–Kier alpha value is -2.76. The maximum absolute atomic E-state index is 11.5. The number of benzene rings is 1. The van der Waals surface area contributed by atoms with Gasteiger partial charge in [-0.2, -0.15) is 10.1 Å². The van der Waals surface area contributed by atoms with Crippen LogP contribution in [0.1, 0.15) is 53.9 Å². The summed E-state index contributed by atoms with van der Waals surface area (Å²) in [6.45, 7) is 10.1. The summed E-state index contributed by atoms with van der Waals surface area (Å²) >= 11 is 0. The monoisotopic (exact) mass is 351 g/mol. The Bertz CT molecular complexity index is 941. The zero-order valence-corrected chi connectivity index (χ0v) is 16.0. The van der Waals surface area contributed by atoms with Gasteiger partial charge < -0.3 is 4.98 Å². The average Bonchev–Trinajstić information content (AvgIpc) is 2.94. The van der Waals surface area contributed by atoms with Crippen molar-refractivity contribution in [3.8, 4) is 5.69 Å². The molecule has 6 nitrogen and oxygen atoms in total. The summed E-state index contributed by atoms with van der Waals surface area (Å²) in [6.07, 6.45) is 1.48.